The first-order chi connectivity index (χ1) is 8.75. The van der Waals surface area contributed by atoms with Crippen molar-refractivity contribution < 1.29 is 9.21 Å². The quantitative estimate of drug-likeness (QED) is 0.840. The van der Waals surface area contributed by atoms with Gasteiger partial charge >= 0.3 is 0 Å². The van der Waals surface area contributed by atoms with Crippen LogP contribution in [0.2, 0.25) is 0 Å². The molecule has 0 radical (unpaired) electrons. The molecule has 0 aliphatic carbocycles. The van der Waals surface area contributed by atoms with E-state index in [1.165, 1.54) is 5.56 Å². The van der Waals surface area contributed by atoms with Crippen LogP contribution in [0.25, 0.3) is 0 Å². The van der Waals surface area contributed by atoms with Crippen LogP contribution in [0.4, 0.5) is 0 Å². The van der Waals surface area contributed by atoms with Crippen molar-refractivity contribution in [2.45, 2.75) is 26.1 Å². The first-order valence-corrected chi connectivity index (χ1v) is 6.74. The van der Waals surface area contributed by atoms with E-state index < -0.39 is 0 Å². The molecule has 2 aromatic rings. The monoisotopic (exact) mass is 264 g/mol. The van der Waals surface area contributed by atoms with Crippen LogP contribution in [-0.2, 0) is 17.9 Å². The topological polar surface area (TPSA) is 54.3 Å². The zero-order valence-electron chi connectivity index (χ0n) is 10.2. The van der Waals surface area contributed by atoms with Gasteiger partial charge < -0.3 is 15.1 Å². The highest BCUT2D eigenvalue weighted by Gasteiger charge is 2.12. The third-order valence-electron chi connectivity index (χ3n) is 2.60. The lowest BCUT2D eigenvalue weighted by Crippen LogP contribution is -2.41. The van der Waals surface area contributed by atoms with Crippen LogP contribution >= 0.6 is 11.3 Å². The van der Waals surface area contributed by atoms with Crippen molar-refractivity contribution in [3.05, 3.63) is 46.5 Å². The minimum atomic E-state index is -0.222. The highest BCUT2D eigenvalue weighted by atomic mass is 32.1. The number of carbonyl (C=O) groups excluding carboxylic acids is 1. The van der Waals surface area contributed by atoms with Gasteiger partial charge in [-0.2, -0.15) is 11.3 Å². The largest absolute Gasteiger partial charge is 0.467 e. The van der Waals surface area contributed by atoms with E-state index in [9.17, 15) is 4.79 Å². The number of amides is 1. The predicted octanol–water partition coefficient (Wildman–Crippen LogP) is 2.14. The van der Waals surface area contributed by atoms with Crippen LogP contribution in [0.3, 0.4) is 0 Å². The number of carbonyl (C=O) groups is 1. The average molecular weight is 264 g/mol. The Bertz CT molecular complexity index is 465. The Morgan fingerprint density at radius 2 is 2.33 bits per heavy atom. The lowest BCUT2D eigenvalue weighted by atomic mass is 10.2. The van der Waals surface area contributed by atoms with Crippen molar-refractivity contribution in [2.24, 2.45) is 0 Å². The predicted molar refractivity (Wildman–Crippen MR) is 71.2 cm³/mol. The lowest BCUT2D eigenvalue weighted by molar-refractivity contribution is -0.123. The van der Waals surface area contributed by atoms with E-state index >= 15 is 0 Å². The Labute approximate surface area is 110 Å². The number of furan rings is 1. The molecule has 0 spiro atoms. The molecular formula is C13H16N2O2S. The van der Waals surface area contributed by atoms with Crippen LogP contribution < -0.4 is 10.6 Å². The van der Waals surface area contributed by atoms with Crippen molar-refractivity contribution in [1.29, 1.82) is 0 Å². The fourth-order valence-electron chi connectivity index (χ4n) is 1.50. The molecule has 2 N–H and O–H groups in total. The van der Waals surface area contributed by atoms with Gasteiger partial charge in [-0.25, -0.2) is 0 Å². The van der Waals surface area contributed by atoms with Gasteiger partial charge in [-0.15, -0.1) is 0 Å². The maximum Gasteiger partial charge on any atom is 0.237 e. The minimum absolute atomic E-state index is 0.0263. The Morgan fingerprint density at radius 3 is 3.00 bits per heavy atom. The number of rotatable bonds is 6. The summed E-state index contributed by atoms with van der Waals surface area (Å²) >= 11 is 1.66. The van der Waals surface area contributed by atoms with Crippen LogP contribution in [0.5, 0.6) is 0 Å². The Morgan fingerprint density at radius 1 is 1.44 bits per heavy atom. The molecule has 0 saturated heterocycles. The summed E-state index contributed by atoms with van der Waals surface area (Å²) in [7, 11) is 0. The van der Waals surface area contributed by atoms with Crippen molar-refractivity contribution in [3.8, 4) is 0 Å². The third kappa shape index (κ3) is 3.72. The standard InChI is InChI=1S/C13H16N2O2S/c1-10(14-7-11-4-6-18-9-11)13(16)15-8-12-3-2-5-17-12/h2-6,9-10,14H,7-8H2,1H3,(H,15,16). The molecule has 4 nitrogen and oxygen atoms in total. The summed E-state index contributed by atoms with van der Waals surface area (Å²) in [4.78, 5) is 11.8. The molecule has 5 heteroatoms. The molecule has 0 fully saturated rings. The molecule has 1 unspecified atom stereocenters. The van der Waals surface area contributed by atoms with E-state index in [1.54, 1.807) is 23.7 Å². The summed E-state index contributed by atoms with van der Waals surface area (Å²) in [5.74, 6) is 0.731. The molecule has 0 aromatic carbocycles. The van der Waals surface area contributed by atoms with Gasteiger partial charge in [-0.1, -0.05) is 0 Å². The maximum atomic E-state index is 11.8. The number of nitrogens with one attached hydrogen (secondary N) is 2. The van der Waals surface area contributed by atoms with Gasteiger partial charge in [0, 0.05) is 6.54 Å². The molecule has 18 heavy (non-hydrogen) atoms. The lowest BCUT2D eigenvalue weighted by Gasteiger charge is -2.12. The fourth-order valence-corrected chi connectivity index (χ4v) is 2.17. The molecule has 0 aliphatic rings. The average Bonchev–Trinajstić information content (AvgIpc) is 3.05. The second kappa shape index (κ2) is 6.37. The van der Waals surface area contributed by atoms with Gasteiger partial charge in [0.2, 0.25) is 5.91 Å². The molecule has 0 saturated carbocycles. The van der Waals surface area contributed by atoms with E-state index in [0.29, 0.717) is 13.1 Å². The highest BCUT2D eigenvalue weighted by Crippen LogP contribution is 2.05. The summed E-state index contributed by atoms with van der Waals surface area (Å²) in [6.45, 7) is 2.99. The van der Waals surface area contributed by atoms with E-state index in [-0.39, 0.29) is 11.9 Å². The summed E-state index contributed by atoms with van der Waals surface area (Å²) in [5, 5.41) is 10.1. The summed E-state index contributed by atoms with van der Waals surface area (Å²) in [6.07, 6.45) is 1.60. The van der Waals surface area contributed by atoms with Gasteiger partial charge in [0.05, 0.1) is 18.8 Å². The van der Waals surface area contributed by atoms with Gasteiger partial charge in [0.25, 0.3) is 0 Å². The molecule has 2 rings (SSSR count). The second-order valence-electron chi connectivity index (χ2n) is 4.03. The smallest absolute Gasteiger partial charge is 0.237 e. The van der Waals surface area contributed by atoms with Crippen LogP contribution in [0, 0.1) is 0 Å². The molecule has 96 valence electrons. The van der Waals surface area contributed by atoms with Crippen LogP contribution in [-0.4, -0.2) is 11.9 Å². The normalized spacial score (nSPS) is 12.3. The number of hydrogen-bond acceptors (Lipinski definition) is 4. The van der Waals surface area contributed by atoms with Gasteiger partial charge in [-0.05, 0) is 41.4 Å². The van der Waals surface area contributed by atoms with Crippen molar-refractivity contribution in [1.82, 2.24) is 10.6 Å². The van der Waals surface area contributed by atoms with Crippen LogP contribution in [0.1, 0.15) is 18.2 Å². The zero-order valence-corrected chi connectivity index (χ0v) is 11.0. The number of thiophene rings is 1. The first kappa shape index (κ1) is 12.9. The molecule has 1 atom stereocenters. The molecule has 2 heterocycles. The van der Waals surface area contributed by atoms with Gasteiger partial charge in [0.15, 0.2) is 0 Å². The van der Waals surface area contributed by atoms with E-state index in [1.807, 2.05) is 24.4 Å². The van der Waals surface area contributed by atoms with Gasteiger partial charge in [-0.3, -0.25) is 4.79 Å². The summed E-state index contributed by atoms with van der Waals surface area (Å²) < 4.78 is 5.15. The van der Waals surface area contributed by atoms with Crippen LogP contribution in [0.15, 0.2) is 39.6 Å². The Hall–Kier alpha value is -1.59. The SMILES string of the molecule is CC(NCc1ccsc1)C(=O)NCc1ccco1. The molecule has 2 aromatic heterocycles. The van der Waals surface area contributed by atoms with E-state index in [2.05, 4.69) is 16.0 Å². The fraction of sp³-hybridized carbons (Fsp3) is 0.308. The highest BCUT2D eigenvalue weighted by molar-refractivity contribution is 7.07. The van der Waals surface area contributed by atoms with Crippen molar-refractivity contribution >= 4 is 17.2 Å². The van der Waals surface area contributed by atoms with Crippen molar-refractivity contribution in [2.75, 3.05) is 0 Å². The molecular weight excluding hydrogens is 248 g/mol. The molecule has 0 aliphatic heterocycles. The van der Waals surface area contributed by atoms with E-state index in [4.69, 9.17) is 4.42 Å². The molecule has 1 amide bonds. The third-order valence-corrected chi connectivity index (χ3v) is 3.33. The zero-order chi connectivity index (χ0) is 12.8. The maximum absolute atomic E-state index is 11.8. The Kier molecular flexibility index (Phi) is 4.55. The molecule has 0 bridgehead atoms. The summed E-state index contributed by atoms with van der Waals surface area (Å²) in [6, 6.07) is 5.47. The second-order valence-corrected chi connectivity index (χ2v) is 4.81. The Balaban J connectivity index is 1.71. The van der Waals surface area contributed by atoms with Crippen molar-refractivity contribution in [3.63, 3.8) is 0 Å². The number of hydrogen-bond donors (Lipinski definition) is 2. The van der Waals surface area contributed by atoms with E-state index in [0.717, 1.165) is 5.76 Å². The first-order valence-electron chi connectivity index (χ1n) is 5.80. The summed E-state index contributed by atoms with van der Waals surface area (Å²) in [5.41, 5.74) is 1.20. The van der Waals surface area contributed by atoms with Gasteiger partial charge in [0.1, 0.15) is 5.76 Å². The minimum Gasteiger partial charge on any atom is -0.467 e.